The molecule has 2 aromatic rings. The summed E-state index contributed by atoms with van der Waals surface area (Å²) < 4.78 is 14.7. The maximum Gasteiger partial charge on any atom is 0.128 e. The highest BCUT2D eigenvalue weighted by Crippen LogP contribution is 2.24. The van der Waals surface area contributed by atoms with Gasteiger partial charge in [0, 0.05) is 16.1 Å². The van der Waals surface area contributed by atoms with Crippen LogP contribution in [-0.4, -0.2) is 7.05 Å². The van der Waals surface area contributed by atoms with Gasteiger partial charge in [-0.3, -0.25) is 0 Å². The minimum absolute atomic E-state index is 0.0232. The van der Waals surface area contributed by atoms with Crippen LogP contribution in [-0.2, 0) is 6.42 Å². The molecule has 1 nitrogen and oxygen atoms in total. The molecule has 0 aromatic heterocycles. The van der Waals surface area contributed by atoms with Crippen LogP contribution in [0.5, 0.6) is 0 Å². The van der Waals surface area contributed by atoms with Gasteiger partial charge in [0.2, 0.25) is 0 Å². The molecule has 0 aliphatic carbocycles. The predicted octanol–water partition coefficient (Wildman–Crippen LogP) is 4.09. The van der Waals surface area contributed by atoms with Gasteiger partial charge in [0.05, 0.1) is 0 Å². The molecule has 94 valence electrons. The summed E-state index contributed by atoms with van der Waals surface area (Å²) in [4.78, 5) is 0. The van der Waals surface area contributed by atoms with E-state index in [-0.39, 0.29) is 11.9 Å². The molecule has 3 heteroatoms. The molecule has 1 N–H and O–H groups in total. The number of benzene rings is 2. The summed E-state index contributed by atoms with van der Waals surface area (Å²) in [6.45, 7) is 0. The summed E-state index contributed by atoms with van der Waals surface area (Å²) in [7, 11) is 1.86. The van der Waals surface area contributed by atoms with Crippen molar-refractivity contribution in [1.29, 1.82) is 0 Å². The van der Waals surface area contributed by atoms with Gasteiger partial charge in [0.25, 0.3) is 0 Å². The van der Waals surface area contributed by atoms with E-state index in [0.29, 0.717) is 5.56 Å². The van der Waals surface area contributed by atoms with Gasteiger partial charge >= 0.3 is 0 Å². The molecule has 1 atom stereocenters. The first-order valence-electron chi connectivity index (χ1n) is 5.87. The van der Waals surface area contributed by atoms with E-state index in [1.807, 2.05) is 31.3 Å². The molecule has 0 radical (unpaired) electrons. The average molecular weight is 308 g/mol. The third-order valence-corrected chi connectivity index (χ3v) is 3.46. The van der Waals surface area contributed by atoms with Gasteiger partial charge in [0.15, 0.2) is 0 Å². The third-order valence-electron chi connectivity index (χ3n) is 2.96. The van der Waals surface area contributed by atoms with Crippen LogP contribution >= 0.6 is 15.9 Å². The van der Waals surface area contributed by atoms with Crippen molar-refractivity contribution in [3.05, 3.63) is 69.9 Å². The largest absolute Gasteiger partial charge is 0.313 e. The zero-order valence-corrected chi connectivity index (χ0v) is 11.7. The monoisotopic (exact) mass is 307 g/mol. The summed E-state index contributed by atoms with van der Waals surface area (Å²) in [5, 5.41) is 3.17. The lowest BCUT2D eigenvalue weighted by Gasteiger charge is -2.18. The van der Waals surface area contributed by atoms with Crippen LogP contribution in [0.3, 0.4) is 0 Å². The summed E-state index contributed by atoms with van der Waals surface area (Å²) in [5.41, 5.74) is 1.88. The number of likely N-dealkylation sites (N-methyl/N-ethyl adjacent to an activating group) is 1. The van der Waals surface area contributed by atoms with Crippen molar-refractivity contribution in [2.24, 2.45) is 0 Å². The van der Waals surface area contributed by atoms with Crippen molar-refractivity contribution >= 4 is 15.9 Å². The first-order chi connectivity index (χ1) is 8.70. The van der Waals surface area contributed by atoms with E-state index >= 15 is 0 Å². The molecule has 0 aliphatic heterocycles. The summed E-state index contributed by atoms with van der Waals surface area (Å²) in [6.07, 6.45) is 0.769. The molecule has 0 bridgehead atoms. The zero-order chi connectivity index (χ0) is 13.0. The second kappa shape index (κ2) is 6.12. The average Bonchev–Trinajstić information content (AvgIpc) is 2.40. The van der Waals surface area contributed by atoms with Crippen LogP contribution in [0.15, 0.2) is 53.0 Å². The first kappa shape index (κ1) is 13.2. The SMILES string of the molecule is CNC(Cc1ccccc1)c1cc(Br)ccc1F. The lowest BCUT2D eigenvalue weighted by atomic mass is 9.98. The standard InChI is InChI=1S/C15H15BrFN/c1-18-15(9-11-5-3-2-4-6-11)13-10-12(16)7-8-14(13)17/h2-8,10,15,18H,9H2,1H3. The number of rotatable bonds is 4. The van der Waals surface area contributed by atoms with Gasteiger partial charge in [-0.1, -0.05) is 46.3 Å². The fourth-order valence-electron chi connectivity index (χ4n) is 2.00. The molecule has 0 saturated heterocycles. The molecule has 0 aliphatic rings. The highest BCUT2D eigenvalue weighted by atomic mass is 79.9. The molecule has 0 saturated carbocycles. The Morgan fingerprint density at radius 3 is 2.56 bits per heavy atom. The van der Waals surface area contributed by atoms with Crippen molar-refractivity contribution in [3.8, 4) is 0 Å². The van der Waals surface area contributed by atoms with E-state index in [1.54, 1.807) is 6.07 Å². The van der Waals surface area contributed by atoms with E-state index < -0.39 is 0 Å². The molecule has 0 spiro atoms. The van der Waals surface area contributed by atoms with Crippen LogP contribution in [0.1, 0.15) is 17.2 Å². The van der Waals surface area contributed by atoms with Gasteiger partial charge < -0.3 is 5.32 Å². The fourth-order valence-corrected chi connectivity index (χ4v) is 2.38. The Labute approximate surface area is 115 Å². The Hall–Kier alpha value is -1.19. The van der Waals surface area contributed by atoms with Gasteiger partial charge in [-0.15, -0.1) is 0 Å². The first-order valence-corrected chi connectivity index (χ1v) is 6.66. The van der Waals surface area contributed by atoms with Crippen molar-refractivity contribution < 1.29 is 4.39 Å². The van der Waals surface area contributed by atoms with Gasteiger partial charge in [0.1, 0.15) is 5.82 Å². The lowest BCUT2D eigenvalue weighted by Crippen LogP contribution is -2.20. The smallest absolute Gasteiger partial charge is 0.128 e. The Morgan fingerprint density at radius 1 is 1.17 bits per heavy atom. The van der Waals surface area contributed by atoms with E-state index in [0.717, 1.165) is 10.9 Å². The summed E-state index contributed by atoms with van der Waals surface area (Å²) in [5.74, 6) is -0.173. The topological polar surface area (TPSA) is 12.0 Å². The van der Waals surface area contributed by atoms with E-state index in [9.17, 15) is 4.39 Å². The fraction of sp³-hybridized carbons (Fsp3) is 0.200. The quantitative estimate of drug-likeness (QED) is 0.897. The van der Waals surface area contributed by atoms with E-state index in [4.69, 9.17) is 0 Å². The van der Waals surface area contributed by atoms with Gasteiger partial charge in [-0.2, -0.15) is 0 Å². The van der Waals surface area contributed by atoms with Crippen LogP contribution in [0.4, 0.5) is 4.39 Å². The molecule has 18 heavy (non-hydrogen) atoms. The number of hydrogen-bond donors (Lipinski definition) is 1. The van der Waals surface area contributed by atoms with E-state index in [1.165, 1.54) is 11.6 Å². The number of halogens is 2. The summed E-state index contributed by atoms with van der Waals surface area (Å²) in [6, 6.07) is 15.1. The zero-order valence-electron chi connectivity index (χ0n) is 10.2. The molecule has 2 aromatic carbocycles. The Morgan fingerprint density at radius 2 is 1.89 bits per heavy atom. The Bertz CT molecular complexity index is 513. The Balaban J connectivity index is 2.26. The molecule has 2 rings (SSSR count). The minimum atomic E-state index is -0.173. The van der Waals surface area contributed by atoms with Gasteiger partial charge in [-0.25, -0.2) is 4.39 Å². The molecule has 0 amide bonds. The summed E-state index contributed by atoms with van der Waals surface area (Å²) >= 11 is 3.38. The van der Waals surface area contributed by atoms with Crippen molar-refractivity contribution in [2.75, 3.05) is 7.05 Å². The van der Waals surface area contributed by atoms with Crippen LogP contribution in [0, 0.1) is 5.82 Å². The normalized spacial score (nSPS) is 12.4. The maximum absolute atomic E-state index is 13.8. The number of nitrogens with one attached hydrogen (secondary N) is 1. The molecular weight excluding hydrogens is 293 g/mol. The predicted molar refractivity (Wildman–Crippen MR) is 76.0 cm³/mol. The maximum atomic E-state index is 13.8. The third kappa shape index (κ3) is 3.18. The minimum Gasteiger partial charge on any atom is -0.313 e. The van der Waals surface area contributed by atoms with Gasteiger partial charge in [-0.05, 0) is 37.2 Å². The second-order valence-electron chi connectivity index (χ2n) is 4.20. The molecule has 0 fully saturated rings. The van der Waals surface area contributed by atoms with Crippen molar-refractivity contribution in [1.82, 2.24) is 5.32 Å². The van der Waals surface area contributed by atoms with Crippen molar-refractivity contribution in [3.63, 3.8) is 0 Å². The second-order valence-corrected chi connectivity index (χ2v) is 5.11. The molecule has 1 unspecified atom stereocenters. The molecular formula is C15H15BrFN. The lowest BCUT2D eigenvalue weighted by molar-refractivity contribution is 0.533. The van der Waals surface area contributed by atoms with Crippen LogP contribution in [0.2, 0.25) is 0 Å². The number of hydrogen-bond acceptors (Lipinski definition) is 1. The highest BCUT2D eigenvalue weighted by molar-refractivity contribution is 9.10. The van der Waals surface area contributed by atoms with Crippen molar-refractivity contribution in [2.45, 2.75) is 12.5 Å². The molecule has 0 heterocycles. The van der Waals surface area contributed by atoms with E-state index in [2.05, 4.69) is 33.4 Å². The highest BCUT2D eigenvalue weighted by Gasteiger charge is 2.14. The van der Waals surface area contributed by atoms with Crippen LogP contribution in [0.25, 0.3) is 0 Å². The Kier molecular flexibility index (Phi) is 4.50. The van der Waals surface area contributed by atoms with Crippen LogP contribution < -0.4 is 5.32 Å².